The first-order valence-corrected chi connectivity index (χ1v) is 10.1. The smallest absolute Gasteiger partial charge is 0.328 e. The monoisotopic (exact) mass is 426 g/mol. The average Bonchev–Trinajstić information content (AvgIpc) is 3.44. The zero-order chi connectivity index (χ0) is 21.3. The summed E-state index contributed by atoms with van der Waals surface area (Å²) in [6.07, 6.45) is 7.55. The summed E-state index contributed by atoms with van der Waals surface area (Å²) in [6, 6.07) is 4.80. The van der Waals surface area contributed by atoms with E-state index < -0.39 is 23.2 Å². The Hall–Kier alpha value is -3.33. The third-order valence-corrected chi connectivity index (χ3v) is 5.79. The number of fused-ring (bicyclic) bond motifs is 1. The van der Waals surface area contributed by atoms with E-state index in [1.54, 1.807) is 24.3 Å². The molecule has 1 aromatic heterocycles. The predicted octanol–water partition coefficient (Wildman–Crippen LogP) is 2.93. The average molecular weight is 426 g/mol. The molecule has 0 aliphatic carbocycles. The number of imide groups is 1. The van der Waals surface area contributed by atoms with Crippen molar-refractivity contribution in [2.45, 2.75) is 18.9 Å². The van der Waals surface area contributed by atoms with Crippen LogP contribution in [0.5, 0.6) is 0 Å². The zero-order valence-corrected chi connectivity index (χ0v) is 16.9. The lowest BCUT2D eigenvalue weighted by Gasteiger charge is -2.20. The number of hydrogen-bond donors (Lipinski definition) is 1. The molecule has 2 aromatic rings. The Kier molecular flexibility index (Phi) is 5.45. The minimum absolute atomic E-state index is 0.270. The van der Waals surface area contributed by atoms with E-state index in [2.05, 4.69) is 5.32 Å². The van der Waals surface area contributed by atoms with Crippen molar-refractivity contribution in [1.29, 1.82) is 0 Å². The van der Waals surface area contributed by atoms with Gasteiger partial charge in [-0.15, -0.1) is 0 Å². The molecule has 8 nitrogen and oxygen atoms in total. The molecule has 2 aliphatic heterocycles. The summed E-state index contributed by atoms with van der Waals surface area (Å²) in [6.45, 7) is 0.505. The van der Waals surface area contributed by atoms with E-state index in [1.807, 2.05) is 6.07 Å². The van der Waals surface area contributed by atoms with Gasteiger partial charge in [0.05, 0.1) is 18.3 Å². The molecule has 0 unspecified atom stereocenters. The number of benzene rings is 1. The number of ether oxygens (including phenoxy) is 1. The van der Waals surface area contributed by atoms with Gasteiger partial charge in [0, 0.05) is 23.6 Å². The number of nitrogens with one attached hydrogen (secondary N) is 1. The fourth-order valence-electron chi connectivity index (χ4n) is 3.53. The second-order valence-corrected chi connectivity index (χ2v) is 7.86. The summed E-state index contributed by atoms with van der Waals surface area (Å²) < 4.78 is 10.3. The number of furan rings is 1. The molecular weight excluding hydrogens is 408 g/mol. The molecule has 2 saturated heterocycles. The number of likely N-dealkylation sites (tertiary alicyclic amines) is 1. The van der Waals surface area contributed by atoms with Crippen molar-refractivity contribution in [3.05, 3.63) is 46.6 Å². The van der Waals surface area contributed by atoms with Crippen LogP contribution in [0.15, 0.2) is 39.9 Å². The summed E-state index contributed by atoms with van der Waals surface area (Å²) in [7, 11) is 1.31. The Morgan fingerprint density at radius 2 is 2.17 bits per heavy atom. The van der Waals surface area contributed by atoms with Gasteiger partial charge in [-0.3, -0.25) is 19.7 Å². The van der Waals surface area contributed by atoms with Gasteiger partial charge in [-0.1, -0.05) is 6.07 Å². The molecule has 9 heteroatoms. The molecule has 0 spiro atoms. The lowest BCUT2D eigenvalue weighted by atomic mass is 10.1. The molecule has 1 atom stereocenters. The molecule has 1 N–H and O–H groups in total. The summed E-state index contributed by atoms with van der Waals surface area (Å²) in [5.41, 5.74) is 2.03. The minimum Gasteiger partial charge on any atom is -0.467 e. The SMILES string of the molecule is COC(=O)[C@H]1CCCN1C(=O)C=Cc1coc2ccc(C=C3SC(=O)NC3=O)cc12. The normalized spacial score (nSPS) is 20.5. The van der Waals surface area contributed by atoms with E-state index in [-0.39, 0.29) is 5.91 Å². The molecule has 3 amide bonds. The lowest BCUT2D eigenvalue weighted by molar-refractivity contribution is -0.149. The molecule has 2 aliphatic rings. The van der Waals surface area contributed by atoms with Gasteiger partial charge in [-0.2, -0.15) is 0 Å². The van der Waals surface area contributed by atoms with Crippen molar-refractivity contribution in [2.24, 2.45) is 0 Å². The van der Waals surface area contributed by atoms with Crippen molar-refractivity contribution in [3.8, 4) is 0 Å². The van der Waals surface area contributed by atoms with Gasteiger partial charge in [0.25, 0.3) is 11.1 Å². The fraction of sp³-hybridized carbons (Fsp3) is 0.238. The first-order valence-electron chi connectivity index (χ1n) is 9.29. The summed E-state index contributed by atoms with van der Waals surface area (Å²) in [5, 5.41) is 2.58. The number of carbonyl (C=O) groups excluding carboxylic acids is 4. The topological polar surface area (TPSA) is 106 Å². The van der Waals surface area contributed by atoms with Crippen molar-refractivity contribution in [3.63, 3.8) is 0 Å². The quantitative estimate of drug-likeness (QED) is 0.592. The number of carbonyl (C=O) groups is 4. The number of nitrogens with zero attached hydrogens (tertiary/aromatic N) is 1. The highest BCUT2D eigenvalue weighted by Gasteiger charge is 2.33. The maximum atomic E-state index is 12.6. The van der Waals surface area contributed by atoms with Crippen LogP contribution >= 0.6 is 11.8 Å². The number of thioether (sulfide) groups is 1. The van der Waals surface area contributed by atoms with Gasteiger partial charge in [-0.05, 0) is 54.5 Å². The van der Waals surface area contributed by atoms with Crippen LogP contribution in [-0.4, -0.2) is 47.6 Å². The maximum absolute atomic E-state index is 12.6. The summed E-state index contributed by atoms with van der Waals surface area (Å²) in [4.78, 5) is 49.3. The van der Waals surface area contributed by atoms with Gasteiger partial charge in [0.1, 0.15) is 11.6 Å². The minimum atomic E-state index is -0.552. The molecular formula is C21H18N2O6S. The molecule has 3 heterocycles. The molecule has 30 heavy (non-hydrogen) atoms. The molecule has 1 aromatic carbocycles. The van der Waals surface area contributed by atoms with E-state index in [0.717, 1.165) is 29.1 Å². The summed E-state index contributed by atoms with van der Waals surface area (Å²) >= 11 is 0.849. The van der Waals surface area contributed by atoms with Crippen molar-refractivity contribution < 1.29 is 28.3 Å². The van der Waals surface area contributed by atoms with Crippen LogP contribution in [0.25, 0.3) is 23.1 Å². The molecule has 154 valence electrons. The molecule has 4 rings (SSSR count). The van der Waals surface area contributed by atoms with Crippen LogP contribution in [0.4, 0.5) is 4.79 Å². The first kappa shape index (κ1) is 20.0. The number of rotatable bonds is 4. The predicted molar refractivity (Wildman–Crippen MR) is 111 cm³/mol. The fourth-order valence-corrected chi connectivity index (χ4v) is 4.21. The Bertz CT molecular complexity index is 1120. The van der Waals surface area contributed by atoms with Gasteiger partial charge in [0.15, 0.2) is 0 Å². The Morgan fingerprint density at radius 3 is 2.90 bits per heavy atom. The number of amides is 3. The largest absolute Gasteiger partial charge is 0.467 e. The zero-order valence-electron chi connectivity index (χ0n) is 16.0. The highest BCUT2D eigenvalue weighted by Crippen LogP contribution is 2.29. The number of hydrogen-bond acceptors (Lipinski definition) is 7. The molecule has 2 fully saturated rings. The van der Waals surface area contributed by atoms with Crippen LogP contribution in [-0.2, 0) is 19.1 Å². The third-order valence-electron chi connectivity index (χ3n) is 4.98. The highest BCUT2D eigenvalue weighted by atomic mass is 32.2. The Morgan fingerprint density at radius 1 is 1.33 bits per heavy atom. The van der Waals surface area contributed by atoms with E-state index in [9.17, 15) is 19.2 Å². The van der Waals surface area contributed by atoms with Gasteiger partial charge in [-0.25, -0.2) is 4.79 Å². The van der Waals surface area contributed by atoms with E-state index in [0.29, 0.717) is 29.0 Å². The van der Waals surface area contributed by atoms with Crippen LogP contribution in [0.3, 0.4) is 0 Å². The van der Waals surface area contributed by atoms with Crippen LogP contribution < -0.4 is 5.32 Å². The van der Waals surface area contributed by atoms with Crippen molar-refractivity contribution in [1.82, 2.24) is 10.2 Å². The van der Waals surface area contributed by atoms with Gasteiger partial charge < -0.3 is 14.1 Å². The number of methoxy groups -OCH3 is 1. The number of esters is 1. The maximum Gasteiger partial charge on any atom is 0.328 e. The second kappa shape index (κ2) is 8.19. The first-order chi connectivity index (χ1) is 14.5. The van der Waals surface area contributed by atoms with E-state index in [1.165, 1.54) is 24.3 Å². The highest BCUT2D eigenvalue weighted by molar-refractivity contribution is 8.18. The van der Waals surface area contributed by atoms with E-state index >= 15 is 0 Å². The van der Waals surface area contributed by atoms with Crippen molar-refractivity contribution >= 4 is 57.9 Å². The van der Waals surface area contributed by atoms with Gasteiger partial charge in [0.2, 0.25) is 5.91 Å². The Balaban J connectivity index is 1.57. The second-order valence-electron chi connectivity index (χ2n) is 6.85. The summed E-state index contributed by atoms with van der Waals surface area (Å²) in [5.74, 6) is -1.10. The molecule has 0 radical (unpaired) electrons. The van der Waals surface area contributed by atoms with Crippen LogP contribution in [0.2, 0.25) is 0 Å². The molecule has 0 saturated carbocycles. The standard InChI is InChI=1S/C21H18N2O6S/c1-28-20(26)15-3-2-8-23(15)18(24)7-5-13-11-29-16-6-4-12(9-14(13)16)10-17-19(25)22-21(27)30-17/h4-7,9-11,15H,2-3,8H2,1H3,(H,22,25,27)/t15-/m1/s1. The van der Waals surface area contributed by atoms with Gasteiger partial charge >= 0.3 is 5.97 Å². The van der Waals surface area contributed by atoms with E-state index in [4.69, 9.17) is 9.15 Å². The Labute approximate surface area is 175 Å². The van der Waals surface area contributed by atoms with Crippen molar-refractivity contribution in [2.75, 3.05) is 13.7 Å². The molecule has 0 bridgehead atoms. The lowest BCUT2D eigenvalue weighted by Crippen LogP contribution is -2.40. The van der Waals surface area contributed by atoms with Crippen LogP contribution in [0.1, 0.15) is 24.0 Å². The third kappa shape index (κ3) is 3.88. The van der Waals surface area contributed by atoms with Crippen LogP contribution in [0, 0.1) is 0 Å².